The van der Waals surface area contributed by atoms with Gasteiger partial charge in [0.1, 0.15) is 0 Å². The molecule has 0 heterocycles. The van der Waals surface area contributed by atoms with Crippen molar-refractivity contribution >= 4 is 11.6 Å². The van der Waals surface area contributed by atoms with Crippen LogP contribution < -0.4 is 5.32 Å². The molecule has 144 valence electrons. The van der Waals surface area contributed by atoms with E-state index < -0.39 is 0 Å². The molecule has 0 aliphatic heterocycles. The first-order valence-electron chi connectivity index (χ1n) is 10.7. The number of amides is 1. The van der Waals surface area contributed by atoms with Gasteiger partial charge in [-0.1, -0.05) is 62.9 Å². The smallest absolute Gasteiger partial charge is 0.223 e. The van der Waals surface area contributed by atoms with Crippen LogP contribution in [0, 0.1) is 11.8 Å². The Labute approximate surface area is 153 Å². The molecule has 0 spiro atoms. The molecule has 0 aromatic carbocycles. The topological polar surface area (TPSA) is 61.7 Å². The lowest BCUT2D eigenvalue weighted by molar-refractivity contribution is -0.126. The maximum atomic E-state index is 12.8. The number of hydrogen-bond acceptors (Lipinski definition) is 3. The van der Waals surface area contributed by atoms with Gasteiger partial charge in [0, 0.05) is 17.9 Å². The molecule has 2 aliphatic rings. The Morgan fingerprint density at radius 3 is 1.88 bits per heavy atom. The minimum atomic E-state index is 0.178. The molecular formula is C21H38N2O2. The zero-order chi connectivity index (χ0) is 17.9. The van der Waals surface area contributed by atoms with Crippen molar-refractivity contribution in [3.63, 3.8) is 0 Å². The highest BCUT2D eigenvalue weighted by atomic mass is 16.4. The number of oxime groups is 1. The van der Waals surface area contributed by atoms with E-state index in [0.717, 1.165) is 63.5 Å². The van der Waals surface area contributed by atoms with Crippen molar-refractivity contribution < 1.29 is 10.0 Å². The molecule has 2 aliphatic carbocycles. The van der Waals surface area contributed by atoms with Gasteiger partial charge in [-0.25, -0.2) is 0 Å². The first kappa shape index (κ1) is 20.3. The minimum Gasteiger partial charge on any atom is -0.411 e. The SMILES string of the molecule is C/C(=N\O)C1CCCCC(C(=O)NC2CCCCCCCC2)CCC1. The van der Waals surface area contributed by atoms with Gasteiger partial charge in [-0.15, -0.1) is 0 Å². The number of carbonyl (C=O) groups excluding carboxylic acids is 1. The molecule has 2 unspecified atom stereocenters. The van der Waals surface area contributed by atoms with Crippen molar-refractivity contribution in [3.8, 4) is 0 Å². The van der Waals surface area contributed by atoms with Gasteiger partial charge in [-0.3, -0.25) is 4.79 Å². The summed E-state index contributed by atoms with van der Waals surface area (Å²) in [6, 6.07) is 0.398. The van der Waals surface area contributed by atoms with Gasteiger partial charge in [0.25, 0.3) is 0 Å². The zero-order valence-corrected chi connectivity index (χ0v) is 16.1. The molecule has 0 radical (unpaired) electrons. The van der Waals surface area contributed by atoms with Crippen LogP contribution in [-0.4, -0.2) is 22.9 Å². The molecule has 0 saturated heterocycles. The monoisotopic (exact) mass is 350 g/mol. The molecular weight excluding hydrogens is 312 g/mol. The summed E-state index contributed by atoms with van der Waals surface area (Å²) in [5.74, 6) is 0.870. The van der Waals surface area contributed by atoms with E-state index in [2.05, 4.69) is 10.5 Å². The third-order valence-electron chi connectivity index (χ3n) is 6.28. The second-order valence-electron chi connectivity index (χ2n) is 8.25. The van der Waals surface area contributed by atoms with Gasteiger partial charge in [-0.05, 0) is 45.4 Å². The lowest BCUT2D eigenvalue weighted by atomic mass is 9.92. The van der Waals surface area contributed by atoms with Crippen LogP contribution in [0.5, 0.6) is 0 Å². The maximum Gasteiger partial charge on any atom is 0.223 e. The van der Waals surface area contributed by atoms with Crippen molar-refractivity contribution in [3.05, 3.63) is 0 Å². The highest BCUT2D eigenvalue weighted by Gasteiger charge is 2.24. The highest BCUT2D eigenvalue weighted by Crippen LogP contribution is 2.27. The summed E-state index contributed by atoms with van der Waals surface area (Å²) in [7, 11) is 0. The van der Waals surface area contributed by atoms with E-state index in [9.17, 15) is 4.79 Å². The van der Waals surface area contributed by atoms with Crippen LogP contribution >= 0.6 is 0 Å². The fourth-order valence-electron chi connectivity index (χ4n) is 4.54. The zero-order valence-electron chi connectivity index (χ0n) is 16.1. The minimum absolute atomic E-state index is 0.178. The molecule has 25 heavy (non-hydrogen) atoms. The van der Waals surface area contributed by atoms with Crippen molar-refractivity contribution in [2.24, 2.45) is 17.0 Å². The number of rotatable bonds is 3. The fourth-order valence-corrected chi connectivity index (χ4v) is 4.54. The van der Waals surface area contributed by atoms with Crippen LogP contribution in [0.4, 0.5) is 0 Å². The van der Waals surface area contributed by atoms with Crippen LogP contribution in [0.1, 0.15) is 103 Å². The summed E-state index contributed by atoms with van der Waals surface area (Å²) < 4.78 is 0. The van der Waals surface area contributed by atoms with Gasteiger partial charge in [0.05, 0.1) is 5.71 Å². The number of nitrogens with one attached hydrogen (secondary N) is 1. The predicted molar refractivity (Wildman–Crippen MR) is 103 cm³/mol. The predicted octanol–water partition coefficient (Wildman–Crippen LogP) is 5.43. The van der Waals surface area contributed by atoms with Crippen molar-refractivity contribution in [2.45, 2.75) is 109 Å². The van der Waals surface area contributed by atoms with E-state index in [1.54, 1.807) is 0 Å². The van der Waals surface area contributed by atoms with E-state index in [0.29, 0.717) is 17.9 Å². The van der Waals surface area contributed by atoms with E-state index >= 15 is 0 Å². The molecule has 0 aromatic heterocycles. The van der Waals surface area contributed by atoms with Crippen LogP contribution in [0.15, 0.2) is 5.16 Å². The second-order valence-corrected chi connectivity index (χ2v) is 8.25. The number of carbonyl (C=O) groups is 1. The summed E-state index contributed by atoms with van der Waals surface area (Å²) in [6.45, 7) is 1.92. The Morgan fingerprint density at radius 2 is 1.24 bits per heavy atom. The van der Waals surface area contributed by atoms with Crippen molar-refractivity contribution in [1.29, 1.82) is 0 Å². The Bertz CT molecular complexity index is 412. The molecule has 0 bridgehead atoms. The van der Waals surface area contributed by atoms with E-state index in [-0.39, 0.29) is 5.92 Å². The third-order valence-corrected chi connectivity index (χ3v) is 6.28. The average Bonchev–Trinajstić information content (AvgIpc) is 2.82. The Morgan fingerprint density at radius 1 is 0.760 bits per heavy atom. The number of hydrogen-bond donors (Lipinski definition) is 2. The van der Waals surface area contributed by atoms with Gasteiger partial charge >= 0.3 is 0 Å². The van der Waals surface area contributed by atoms with Crippen LogP contribution in [0.25, 0.3) is 0 Å². The molecule has 4 nitrogen and oxygen atoms in total. The van der Waals surface area contributed by atoms with Gasteiger partial charge in [0.15, 0.2) is 0 Å². The lowest BCUT2D eigenvalue weighted by Gasteiger charge is -2.22. The molecule has 2 saturated carbocycles. The normalized spacial score (nSPS) is 28.6. The number of nitrogens with zero attached hydrogens (tertiary/aromatic N) is 1. The lowest BCUT2D eigenvalue weighted by Crippen LogP contribution is -2.39. The van der Waals surface area contributed by atoms with Crippen LogP contribution in [-0.2, 0) is 4.79 Å². The largest absolute Gasteiger partial charge is 0.411 e. The summed E-state index contributed by atoms with van der Waals surface area (Å²) in [5, 5.41) is 15.8. The highest BCUT2D eigenvalue weighted by molar-refractivity contribution is 5.83. The van der Waals surface area contributed by atoms with Gasteiger partial charge in [0.2, 0.25) is 5.91 Å². The molecule has 2 atom stereocenters. The van der Waals surface area contributed by atoms with Gasteiger partial charge < -0.3 is 10.5 Å². The Hall–Kier alpha value is -1.06. The first-order chi connectivity index (χ1) is 12.2. The van der Waals surface area contributed by atoms with Crippen molar-refractivity contribution in [1.82, 2.24) is 5.32 Å². The third kappa shape index (κ3) is 7.37. The second kappa shape index (κ2) is 11.5. The average molecular weight is 351 g/mol. The summed E-state index contributed by atoms with van der Waals surface area (Å²) in [6.07, 6.45) is 17.6. The summed E-state index contributed by atoms with van der Waals surface area (Å²) in [4.78, 5) is 12.8. The summed E-state index contributed by atoms with van der Waals surface area (Å²) in [5.41, 5.74) is 0.855. The van der Waals surface area contributed by atoms with Crippen molar-refractivity contribution in [2.75, 3.05) is 0 Å². The Balaban J connectivity index is 1.83. The van der Waals surface area contributed by atoms with Gasteiger partial charge in [-0.2, -0.15) is 0 Å². The fraction of sp³-hybridized carbons (Fsp3) is 0.905. The molecule has 4 heteroatoms. The standard InChI is InChI=1S/C21H38N2O2/c1-17(23-25)18-11-8-9-12-19(14-10-13-18)21(24)22-20-15-6-4-2-3-5-7-16-20/h18-20,25H,2-16H2,1H3,(H,22,24)/b23-17+. The van der Waals surface area contributed by atoms with E-state index in [1.807, 2.05) is 6.92 Å². The maximum absolute atomic E-state index is 12.8. The van der Waals surface area contributed by atoms with E-state index in [1.165, 1.54) is 38.5 Å². The molecule has 2 N–H and O–H groups in total. The van der Waals surface area contributed by atoms with E-state index in [4.69, 9.17) is 5.21 Å². The Kier molecular flexibility index (Phi) is 9.35. The quantitative estimate of drug-likeness (QED) is 0.405. The molecule has 2 rings (SSSR count). The molecule has 2 fully saturated rings. The molecule has 1 amide bonds. The first-order valence-corrected chi connectivity index (χ1v) is 10.7. The van der Waals surface area contributed by atoms with Crippen LogP contribution in [0.2, 0.25) is 0 Å². The van der Waals surface area contributed by atoms with Crippen LogP contribution in [0.3, 0.4) is 0 Å². The summed E-state index contributed by atoms with van der Waals surface area (Å²) >= 11 is 0. The molecule has 0 aromatic rings.